The first-order valence-corrected chi connectivity index (χ1v) is 10.9. The predicted octanol–water partition coefficient (Wildman–Crippen LogP) is 3.09. The minimum absolute atomic E-state index is 0.0626. The molecule has 29 heavy (non-hydrogen) atoms. The molecule has 2 N–H and O–H groups in total. The van der Waals surface area contributed by atoms with E-state index in [1.165, 1.54) is 11.3 Å². The van der Waals surface area contributed by atoms with Crippen molar-refractivity contribution in [3.63, 3.8) is 0 Å². The van der Waals surface area contributed by atoms with Gasteiger partial charge in [0.25, 0.3) is 5.91 Å². The van der Waals surface area contributed by atoms with Gasteiger partial charge in [0.1, 0.15) is 5.54 Å². The average molecular weight is 420 g/mol. The highest BCUT2D eigenvalue weighted by Crippen LogP contribution is 2.38. The fourth-order valence-electron chi connectivity index (χ4n) is 3.92. The number of hydrogen-bond donors (Lipinski definition) is 2. The summed E-state index contributed by atoms with van der Waals surface area (Å²) in [5.74, 6) is -0.553. The molecule has 1 aliphatic carbocycles. The topological polar surface area (TPSA) is 95.6 Å². The third-order valence-electron chi connectivity index (χ3n) is 5.84. The third-order valence-corrected chi connectivity index (χ3v) is 6.97. The molecule has 3 rings (SSSR count). The van der Waals surface area contributed by atoms with Crippen molar-refractivity contribution in [3.05, 3.63) is 21.9 Å². The minimum Gasteiger partial charge on any atom is -0.351 e. The van der Waals surface area contributed by atoms with Crippen molar-refractivity contribution in [2.75, 3.05) is 6.54 Å². The van der Waals surface area contributed by atoms with E-state index in [0.29, 0.717) is 17.8 Å². The Kier molecular flexibility index (Phi) is 5.85. The Morgan fingerprint density at radius 3 is 2.66 bits per heavy atom. The zero-order valence-electron chi connectivity index (χ0n) is 17.5. The summed E-state index contributed by atoms with van der Waals surface area (Å²) in [7, 11) is 0. The predicted molar refractivity (Wildman–Crippen MR) is 111 cm³/mol. The molecule has 0 radical (unpaired) electrons. The van der Waals surface area contributed by atoms with Crippen LogP contribution in [0.5, 0.6) is 0 Å². The van der Waals surface area contributed by atoms with Gasteiger partial charge in [0.05, 0.1) is 18.0 Å². The van der Waals surface area contributed by atoms with E-state index >= 15 is 0 Å². The highest BCUT2D eigenvalue weighted by Gasteiger charge is 2.55. The third kappa shape index (κ3) is 4.22. The number of nitrogens with zero attached hydrogens (tertiary/aromatic N) is 1. The van der Waals surface area contributed by atoms with E-state index in [0.717, 1.165) is 29.0 Å². The summed E-state index contributed by atoms with van der Waals surface area (Å²) in [6.45, 7) is 7.59. The molecule has 1 aromatic heterocycles. The van der Waals surface area contributed by atoms with Gasteiger partial charge in [-0.05, 0) is 30.9 Å². The maximum Gasteiger partial charge on any atom is 0.325 e. The lowest BCUT2D eigenvalue weighted by Gasteiger charge is -2.36. The molecule has 1 spiro atoms. The second-order valence-corrected chi connectivity index (χ2v) is 10.2. The molecule has 1 aromatic rings. The molecule has 2 atom stereocenters. The Morgan fingerprint density at radius 1 is 1.28 bits per heavy atom. The van der Waals surface area contributed by atoms with E-state index < -0.39 is 17.0 Å². The Morgan fingerprint density at radius 2 is 2.00 bits per heavy atom. The van der Waals surface area contributed by atoms with Crippen LogP contribution in [0.15, 0.2) is 12.1 Å². The Balaban J connectivity index is 1.63. The number of thiophene rings is 1. The van der Waals surface area contributed by atoms with Gasteiger partial charge in [0, 0.05) is 10.3 Å². The minimum atomic E-state index is -0.854. The lowest BCUT2D eigenvalue weighted by molar-refractivity contribution is -0.134. The molecule has 1 saturated carbocycles. The SMILES string of the molecule is CC1CCCCC12NC(=O)N(CC(=O)c1ccc(CNC(=O)C(C)(C)C)s1)C2=O. The molecule has 158 valence electrons. The normalized spacial score (nSPS) is 24.7. The number of imide groups is 1. The lowest BCUT2D eigenvalue weighted by Crippen LogP contribution is -2.54. The van der Waals surface area contributed by atoms with Crippen molar-refractivity contribution in [2.24, 2.45) is 11.3 Å². The Labute approximate surface area is 175 Å². The van der Waals surface area contributed by atoms with Crippen LogP contribution >= 0.6 is 11.3 Å². The van der Waals surface area contributed by atoms with Gasteiger partial charge in [0.2, 0.25) is 5.91 Å². The van der Waals surface area contributed by atoms with Crippen LogP contribution in [0.4, 0.5) is 4.79 Å². The molecule has 2 heterocycles. The van der Waals surface area contributed by atoms with Gasteiger partial charge in [0.15, 0.2) is 5.78 Å². The summed E-state index contributed by atoms with van der Waals surface area (Å²) >= 11 is 1.27. The fraction of sp³-hybridized carbons (Fsp3) is 0.619. The molecule has 2 fully saturated rings. The van der Waals surface area contributed by atoms with Crippen molar-refractivity contribution in [3.8, 4) is 0 Å². The highest BCUT2D eigenvalue weighted by molar-refractivity contribution is 7.14. The number of rotatable bonds is 5. The highest BCUT2D eigenvalue weighted by atomic mass is 32.1. The first-order valence-electron chi connectivity index (χ1n) is 10.1. The van der Waals surface area contributed by atoms with Gasteiger partial charge in [-0.15, -0.1) is 11.3 Å². The second-order valence-electron chi connectivity index (χ2n) is 9.06. The van der Waals surface area contributed by atoms with Gasteiger partial charge < -0.3 is 10.6 Å². The maximum absolute atomic E-state index is 13.0. The van der Waals surface area contributed by atoms with Crippen LogP contribution in [0.2, 0.25) is 0 Å². The van der Waals surface area contributed by atoms with Gasteiger partial charge in [-0.2, -0.15) is 0 Å². The summed E-state index contributed by atoms with van der Waals surface area (Å²) in [5.41, 5.74) is -1.33. The number of ketones is 1. The summed E-state index contributed by atoms with van der Waals surface area (Å²) < 4.78 is 0. The number of carbonyl (C=O) groups is 4. The molecule has 2 unspecified atom stereocenters. The summed E-state index contributed by atoms with van der Waals surface area (Å²) in [6, 6.07) is 2.99. The van der Waals surface area contributed by atoms with E-state index in [-0.39, 0.29) is 30.1 Å². The van der Waals surface area contributed by atoms with Crippen molar-refractivity contribution >= 4 is 35.0 Å². The molecular weight excluding hydrogens is 390 g/mol. The largest absolute Gasteiger partial charge is 0.351 e. The van der Waals surface area contributed by atoms with Crippen LogP contribution in [-0.2, 0) is 16.1 Å². The molecule has 1 saturated heterocycles. The van der Waals surface area contributed by atoms with E-state index in [2.05, 4.69) is 10.6 Å². The fourth-order valence-corrected chi connectivity index (χ4v) is 4.79. The number of carbonyl (C=O) groups excluding carboxylic acids is 4. The second kappa shape index (κ2) is 7.89. The van der Waals surface area contributed by atoms with Crippen molar-refractivity contribution < 1.29 is 19.2 Å². The van der Waals surface area contributed by atoms with Gasteiger partial charge in [-0.25, -0.2) is 4.79 Å². The van der Waals surface area contributed by atoms with Gasteiger partial charge in [-0.1, -0.05) is 40.5 Å². The molecule has 8 heteroatoms. The van der Waals surface area contributed by atoms with E-state index in [9.17, 15) is 19.2 Å². The summed E-state index contributed by atoms with van der Waals surface area (Å²) in [5, 5.41) is 5.72. The average Bonchev–Trinajstić information content (AvgIpc) is 3.21. The zero-order chi connectivity index (χ0) is 21.4. The summed E-state index contributed by atoms with van der Waals surface area (Å²) in [4.78, 5) is 52.5. The molecule has 2 aliphatic rings. The van der Waals surface area contributed by atoms with Crippen LogP contribution in [-0.4, -0.2) is 40.6 Å². The Bertz CT molecular complexity index is 841. The van der Waals surface area contributed by atoms with Crippen LogP contribution in [0.3, 0.4) is 0 Å². The maximum atomic E-state index is 13.0. The van der Waals surface area contributed by atoms with E-state index in [1.54, 1.807) is 12.1 Å². The Hall–Kier alpha value is -2.22. The number of hydrogen-bond acceptors (Lipinski definition) is 5. The molecular formula is C21H29N3O4S. The molecule has 1 aliphatic heterocycles. The zero-order valence-corrected chi connectivity index (χ0v) is 18.3. The molecule has 0 aromatic carbocycles. The van der Waals surface area contributed by atoms with Crippen LogP contribution in [0.1, 0.15) is 67.9 Å². The van der Waals surface area contributed by atoms with Crippen LogP contribution in [0, 0.1) is 11.3 Å². The van der Waals surface area contributed by atoms with Crippen molar-refractivity contribution in [1.29, 1.82) is 0 Å². The van der Waals surface area contributed by atoms with Gasteiger partial charge >= 0.3 is 6.03 Å². The molecule has 4 amide bonds. The van der Waals surface area contributed by atoms with E-state index in [4.69, 9.17) is 0 Å². The van der Waals surface area contributed by atoms with Gasteiger partial charge in [-0.3, -0.25) is 19.3 Å². The molecule has 0 bridgehead atoms. The monoisotopic (exact) mass is 419 g/mol. The standard InChI is InChI=1S/C21H29N3O4S/c1-13-7-5-6-10-21(13)18(27)24(19(28)23-21)12-15(25)16-9-8-14(29-16)11-22-17(26)20(2,3)4/h8-9,13H,5-7,10-12H2,1-4H3,(H,22,26)(H,23,28). The number of urea groups is 1. The molecule has 7 nitrogen and oxygen atoms in total. The van der Waals surface area contributed by atoms with Crippen molar-refractivity contribution in [1.82, 2.24) is 15.5 Å². The first kappa shape index (κ1) is 21.5. The number of nitrogens with one attached hydrogen (secondary N) is 2. The quantitative estimate of drug-likeness (QED) is 0.566. The number of Topliss-reactive ketones (excluding diaryl/α,β-unsaturated/α-hetero) is 1. The van der Waals surface area contributed by atoms with Crippen molar-refractivity contribution in [2.45, 2.75) is 65.5 Å². The smallest absolute Gasteiger partial charge is 0.325 e. The van der Waals surface area contributed by atoms with Crippen LogP contribution in [0.25, 0.3) is 0 Å². The van der Waals surface area contributed by atoms with E-state index in [1.807, 2.05) is 27.7 Å². The van der Waals surface area contributed by atoms with Crippen LogP contribution < -0.4 is 10.6 Å². The lowest BCUT2D eigenvalue weighted by atomic mass is 9.73. The summed E-state index contributed by atoms with van der Waals surface area (Å²) in [6.07, 6.45) is 3.46. The first-order chi connectivity index (χ1) is 13.5. The number of amides is 4.